The van der Waals surface area contributed by atoms with Crippen LogP contribution in [0.4, 0.5) is 0 Å². The highest BCUT2D eigenvalue weighted by Gasteiger charge is 2.15. The van der Waals surface area contributed by atoms with Gasteiger partial charge in [-0.15, -0.1) is 0 Å². The fraction of sp³-hybridized carbons (Fsp3) is 0.533. The summed E-state index contributed by atoms with van der Waals surface area (Å²) in [6, 6.07) is 7.15. The lowest BCUT2D eigenvalue weighted by Crippen LogP contribution is -2.26. The Morgan fingerprint density at radius 1 is 1.50 bits per heavy atom. The summed E-state index contributed by atoms with van der Waals surface area (Å²) in [6.07, 6.45) is 2.06. The lowest BCUT2D eigenvalue weighted by atomic mass is 10.1. The van der Waals surface area contributed by atoms with Crippen molar-refractivity contribution in [1.29, 1.82) is 0 Å². The third kappa shape index (κ3) is 4.51. The van der Waals surface area contributed by atoms with Gasteiger partial charge in [-0.2, -0.15) is 0 Å². The zero-order valence-corrected chi connectivity index (χ0v) is 11.6. The van der Waals surface area contributed by atoms with E-state index in [1.807, 2.05) is 12.1 Å². The lowest BCUT2D eigenvalue weighted by Gasteiger charge is -2.10. The maximum Gasteiger partial charge on any atom is 0.251 e. The van der Waals surface area contributed by atoms with E-state index in [1.165, 1.54) is 0 Å². The van der Waals surface area contributed by atoms with E-state index in [1.54, 1.807) is 12.1 Å². The average molecular weight is 278 g/mol. The topological polar surface area (TPSA) is 73.6 Å². The number of carbonyl (C=O) groups excluding carboxylic acids is 1. The van der Waals surface area contributed by atoms with E-state index in [0.717, 1.165) is 26.1 Å². The Kier molecular flexibility index (Phi) is 5.83. The van der Waals surface area contributed by atoms with Gasteiger partial charge in [-0.1, -0.05) is 6.07 Å². The minimum absolute atomic E-state index is 0.0675. The van der Waals surface area contributed by atoms with E-state index in [-0.39, 0.29) is 5.91 Å². The molecule has 3 N–H and O–H groups in total. The van der Waals surface area contributed by atoms with Gasteiger partial charge in [-0.05, 0) is 37.0 Å². The monoisotopic (exact) mass is 278 g/mol. The van der Waals surface area contributed by atoms with E-state index >= 15 is 0 Å². The summed E-state index contributed by atoms with van der Waals surface area (Å²) in [5.41, 5.74) is 6.00. The summed E-state index contributed by atoms with van der Waals surface area (Å²) in [7, 11) is 0. The van der Waals surface area contributed by atoms with Crippen molar-refractivity contribution in [2.75, 3.05) is 32.9 Å². The molecule has 2 rings (SSSR count). The fourth-order valence-corrected chi connectivity index (χ4v) is 2.21. The van der Waals surface area contributed by atoms with Crippen LogP contribution in [-0.4, -0.2) is 38.8 Å². The van der Waals surface area contributed by atoms with Gasteiger partial charge in [-0.25, -0.2) is 0 Å². The number of nitrogens with two attached hydrogens (primary N) is 1. The molecule has 0 saturated carbocycles. The van der Waals surface area contributed by atoms with Crippen LogP contribution in [0, 0.1) is 5.92 Å². The summed E-state index contributed by atoms with van der Waals surface area (Å²) in [5, 5.41) is 2.93. The van der Waals surface area contributed by atoms with Crippen LogP contribution in [0.1, 0.15) is 23.2 Å². The molecule has 0 bridgehead atoms. The first-order chi connectivity index (χ1) is 9.79. The number of nitrogens with one attached hydrogen (secondary N) is 1. The molecule has 0 radical (unpaired) electrons. The zero-order valence-electron chi connectivity index (χ0n) is 11.6. The normalized spacial score (nSPS) is 17.9. The van der Waals surface area contributed by atoms with Crippen LogP contribution in [0.3, 0.4) is 0 Å². The first kappa shape index (κ1) is 14.8. The predicted molar refractivity (Wildman–Crippen MR) is 76.9 cm³/mol. The molecular weight excluding hydrogens is 256 g/mol. The van der Waals surface area contributed by atoms with Crippen molar-refractivity contribution >= 4 is 5.91 Å². The van der Waals surface area contributed by atoms with Gasteiger partial charge in [0, 0.05) is 31.9 Å². The van der Waals surface area contributed by atoms with Crippen molar-refractivity contribution in [1.82, 2.24) is 5.32 Å². The van der Waals surface area contributed by atoms with Gasteiger partial charge in [0.2, 0.25) is 0 Å². The van der Waals surface area contributed by atoms with Crippen molar-refractivity contribution in [3.63, 3.8) is 0 Å². The largest absolute Gasteiger partial charge is 0.492 e. The maximum atomic E-state index is 12.0. The Balaban J connectivity index is 1.78. The summed E-state index contributed by atoms with van der Waals surface area (Å²) >= 11 is 0. The number of ether oxygens (including phenoxy) is 2. The molecule has 1 saturated heterocycles. The smallest absolute Gasteiger partial charge is 0.251 e. The van der Waals surface area contributed by atoms with Crippen molar-refractivity contribution in [2.45, 2.75) is 12.8 Å². The first-order valence-electron chi connectivity index (χ1n) is 7.08. The van der Waals surface area contributed by atoms with Gasteiger partial charge in [-0.3, -0.25) is 4.79 Å². The molecule has 1 heterocycles. The number of rotatable bonds is 7. The third-order valence-corrected chi connectivity index (χ3v) is 3.34. The molecule has 1 aromatic carbocycles. The molecule has 0 aliphatic carbocycles. The van der Waals surface area contributed by atoms with Crippen molar-refractivity contribution in [2.24, 2.45) is 11.7 Å². The van der Waals surface area contributed by atoms with Gasteiger partial charge in [0.15, 0.2) is 0 Å². The first-order valence-corrected chi connectivity index (χ1v) is 7.08. The van der Waals surface area contributed by atoms with Gasteiger partial charge >= 0.3 is 0 Å². The van der Waals surface area contributed by atoms with Crippen LogP contribution in [0.25, 0.3) is 0 Å². The summed E-state index contributed by atoms with van der Waals surface area (Å²) in [6.45, 7) is 3.25. The molecule has 1 fully saturated rings. The van der Waals surface area contributed by atoms with E-state index < -0.39 is 0 Å². The molecule has 1 aromatic rings. The van der Waals surface area contributed by atoms with E-state index in [2.05, 4.69) is 5.32 Å². The van der Waals surface area contributed by atoms with Crippen LogP contribution in [0.2, 0.25) is 0 Å². The third-order valence-electron chi connectivity index (χ3n) is 3.34. The number of hydrogen-bond acceptors (Lipinski definition) is 4. The maximum absolute atomic E-state index is 12.0. The van der Waals surface area contributed by atoms with Crippen LogP contribution in [-0.2, 0) is 4.74 Å². The molecule has 5 nitrogen and oxygen atoms in total. The highest BCUT2D eigenvalue weighted by atomic mass is 16.5. The molecule has 1 aliphatic heterocycles. The Morgan fingerprint density at radius 2 is 2.40 bits per heavy atom. The number of carbonyl (C=O) groups is 1. The second-order valence-electron chi connectivity index (χ2n) is 4.94. The second kappa shape index (κ2) is 7.87. The molecule has 0 spiro atoms. The van der Waals surface area contributed by atoms with Crippen LogP contribution >= 0.6 is 0 Å². The van der Waals surface area contributed by atoms with Gasteiger partial charge in [0.25, 0.3) is 5.91 Å². The van der Waals surface area contributed by atoms with Crippen LogP contribution < -0.4 is 15.8 Å². The second-order valence-corrected chi connectivity index (χ2v) is 4.94. The van der Waals surface area contributed by atoms with E-state index in [9.17, 15) is 4.79 Å². The van der Waals surface area contributed by atoms with E-state index in [0.29, 0.717) is 36.9 Å². The molecule has 1 aliphatic rings. The Labute approximate surface area is 119 Å². The molecule has 20 heavy (non-hydrogen) atoms. The number of hydrogen-bond donors (Lipinski definition) is 2. The molecule has 0 unspecified atom stereocenters. The Morgan fingerprint density at radius 3 is 3.15 bits per heavy atom. The average Bonchev–Trinajstić information content (AvgIpc) is 2.98. The van der Waals surface area contributed by atoms with Gasteiger partial charge < -0.3 is 20.5 Å². The molecule has 110 valence electrons. The number of benzene rings is 1. The summed E-state index contributed by atoms with van der Waals surface area (Å²) in [5.74, 6) is 1.18. The van der Waals surface area contributed by atoms with Crippen LogP contribution in [0.15, 0.2) is 24.3 Å². The minimum atomic E-state index is -0.0675. The van der Waals surface area contributed by atoms with E-state index in [4.69, 9.17) is 15.2 Å². The highest BCUT2D eigenvalue weighted by molar-refractivity contribution is 5.94. The SMILES string of the molecule is NCCOc1cccc(C(=O)NCC[C@H]2CCOC2)c1. The highest BCUT2D eigenvalue weighted by Crippen LogP contribution is 2.16. The Bertz CT molecular complexity index is 431. The van der Waals surface area contributed by atoms with Crippen LogP contribution in [0.5, 0.6) is 5.75 Å². The quantitative estimate of drug-likeness (QED) is 0.785. The Hall–Kier alpha value is -1.59. The molecule has 1 atom stereocenters. The van der Waals surface area contributed by atoms with Crippen molar-refractivity contribution in [3.05, 3.63) is 29.8 Å². The lowest BCUT2D eigenvalue weighted by molar-refractivity contribution is 0.0950. The summed E-state index contributed by atoms with van der Waals surface area (Å²) in [4.78, 5) is 12.0. The number of amides is 1. The van der Waals surface area contributed by atoms with Gasteiger partial charge in [0.05, 0.1) is 0 Å². The summed E-state index contributed by atoms with van der Waals surface area (Å²) < 4.78 is 10.7. The van der Waals surface area contributed by atoms with Crippen molar-refractivity contribution < 1.29 is 14.3 Å². The zero-order chi connectivity index (χ0) is 14.2. The van der Waals surface area contributed by atoms with Gasteiger partial charge in [0.1, 0.15) is 12.4 Å². The molecule has 0 aromatic heterocycles. The molecule has 5 heteroatoms. The molecular formula is C15H22N2O3. The standard InChI is InChI=1S/C15H22N2O3/c16-6-9-20-14-3-1-2-13(10-14)15(18)17-7-4-12-5-8-19-11-12/h1-3,10,12H,4-9,11,16H2,(H,17,18)/t12-/m0/s1. The predicted octanol–water partition coefficient (Wildman–Crippen LogP) is 1.18. The fourth-order valence-electron chi connectivity index (χ4n) is 2.21. The molecule has 1 amide bonds. The minimum Gasteiger partial charge on any atom is -0.492 e. The van der Waals surface area contributed by atoms with Crippen molar-refractivity contribution in [3.8, 4) is 5.75 Å².